The Morgan fingerprint density at radius 1 is 1.32 bits per heavy atom. The highest BCUT2D eigenvalue weighted by atomic mass is 32.2. The fraction of sp³-hybridized carbons (Fsp3) is 0.389. The van der Waals surface area contributed by atoms with E-state index in [1.807, 2.05) is 42.1 Å². The minimum atomic E-state index is -0.160. The predicted molar refractivity (Wildman–Crippen MR) is 103 cm³/mol. The van der Waals surface area contributed by atoms with E-state index in [0.29, 0.717) is 28.3 Å². The first-order valence-corrected chi connectivity index (χ1v) is 9.72. The molecule has 0 amide bonds. The van der Waals surface area contributed by atoms with Gasteiger partial charge in [0.25, 0.3) is 5.56 Å². The minimum Gasteiger partial charge on any atom is -0.352 e. The Kier molecular flexibility index (Phi) is 4.48. The topological polar surface area (TPSA) is 75.6 Å². The smallest absolute Gasteiger partial charge is 0.263 e. The van der Waals surface area contributed by atoms with Gasteiger partial charge >= 0.3 is 0 Å². The molecule has 1 aliphatic rings. The van der Waals surface area contributed by atoms with Gasteiger partial charge in [0.05, 0.1) is 11.9 Å². The maximum Gasteiger partial charge on any atom is 0.263 e. The molecule has 3 aromatic rings. The van der Waals surface area contributed by atoms with E-state index >= 15 is 0 Å². The molecule has 0 radical (unpaired) electrons. The van der Waals surface area contributed by atoms with Crippen molar-refractivity contribution in [2.24, 2.45) is 0 Å². The molecule has 7 heteroatoms. The van der Waals surface area contributed by atoms with E-state index in [-0.39, 0.29) is 5.56 Å². The lowest BCUT2D eigenvalue weighted by atomic mass is 10.2. The van der Waals surface area contributed by atoms with Crippen LogP contribution in [0.1, 0.15) is 26.2 Å². The van der Waals surface area contributed by atoms with E-state index in [1.165, 1.54) is 12.8 Å². The third-order valence-corrected chi connectivity index (χ3v) is 5.92. The van der Waals surface area contributed by atoms with Crippen LogP contribution in [0.2, 0.25) is 0 Å². The summed E-state index contributed by atoms with van der Waals surface area (Å²) in [5, 5.41) is 8.87. The predicted octanol–water partition coefficient (Wildman–Crippen LogP) is 3.19. The van der Waals surface area contributed by atoms with Crippen molar-refractivity contribution in [3.8, 4) is 5.69 Å². The second-order valence-electron chi connectivity index (χ2n) is 6.22. The number of benzene rings is 1. The van der Waals surface area contributed by atoms with Crippen molar-refractivity contribution in [3.63, 3.8) is 0 Å². The summed E-state index contributed by atoms with van der Waals surface area (Å²) in [6.45, 7) is 2.19. The third kappa shape index (κ3) is 3.16. The number of nitrogens with one attached hydrogen (secondary N) is 2. The lowest BCUT2D eigenvalue weighted by molar-refractivity contribution is 0.755. The fourth-order valence-electron chi connectivity index (χ4n) is 3.43. The first-order valence-electron chi connectivity index (χ1n) is 8.68. The number of thioether (sulfide) groups is 1. The van der Waals surface area contributed by atoms with E-state index in [4.69, 9.17) is 0 Å². The summed E-state index contributed by atoms with van der Waals surface area (Å²) in [6, 6.07) is 10.1. The second kappa shape index (κ2) is 6.92. The highest BCUT2D eigenvalue weighted by Crippen LogP contribution is 2.31. The molecule has 2 atom stereocenters. The van der Waals surface area contributed by atoms with Gasteiger partial charge in [0, 0.05) is 11.3 Å². The maximum atomic E-state index is 12.4. The number of nitrogens with zero attached hydrogens (tertiary/aromatic N) is 3. The van der Waals surface area contributed by atoms with Gasteiger partial charge in [0.15, 0.2) is 5.65 Å². The van der Waals surface area contributed by atoms with Crippen LogP contribution in [0.4, 0.5) is 5.95 Å². The Hall–Kier alpha value is -2.28. The summed E-state index contributed by atoms with van der Waals surface area (Å²) in [5.74, 6) is 1.64. The lowest BCUT2D eigenvalue weighted by Crippen LogP contribution is -2.28. The molecule has 4 rings (SSSR count). The molecule has 2 aromatic heterocycles. The number of hydrogen-bond acceptors (Lipinski definition) is 5. The molecule has 0 spiro atoms. The van der Waals surface area contributed by atoms with Gasteiger partial charge in [0.2, 0.25) is 5.95 Å². The molecule has 2 N–H and O–H groups in total. The van der Waals surface area contributed by atoms with Crippen molar-refractivity contribution in [1.82, 2.24) is 19.7 Å². The number of aromatic nitrogens is 4. The number of anilines is 1. The number of H-pyrrole nitrogens is 1. The van der Waals surface area contributed by atoms with E-state index < -0.39 is 0 Å². The van der Waals surface area contributed by atoms with Crippen LogP contribution in [-0.2, 0) is 0 Å². The minimum absolute atomic E-state index is 0.160. The van der Waals surface area contributed by atoms with E-state index in [0.717, 1.165) is 17.9 Å². The van der Waals surface area contributed by atoms with Crippen molar-refractivity contribution in [1.29, 1.82) is 0 Å². The number of para-hydroxylation sites is 1. The van der Waals surface area contributed by atoms with Crippen LogP contribution in [0.3, 0.4) is 0 Å². The summed E-state index contributed by atoms with van der Waals surface area (Å²) in [7, 11) is 0. The van der Waals surface area contributed by atoms with Gasteiger partial charge in [-0.05, 0) is 30.7 Å². The zero-order valence-corrected chi connectivity index (χ0v) is 14.9. The van der Waals surface area contributed by atoms with Crippen molar-refractivity contribution < 1.29 is 0 Å². The van der Waals surface area contributed by atoms with E-state index in [1.54, 1.807) is 10.9 Å². The zero-order chi connectivity index (χ0) is 17.2. The lowest BCUT2D eigenvalue weighted by Gasteiger charge is -2.20. The Morgan fingerprint density at radius 2 is 2.16 bits per heavy atom. The van der Waals surface area contributed by atoms with Gasteiger partial charge in [-0.3, -0.25) is 9.78 Å². The van der Waals surface area contributed by atoms with Crippen LogP contribution >= 0.6 is 11.8 Å². The van der Waals surface area contributed by atoms with Gasteiger partial charge in [0.1, 0.15) is 5.39 Å². The molecule has 0 aliphatic heterocycles. The van der Waals surface area contributed by atoms with Gasteiger partial charge < -0.3 is 5.32 Å². The molecule has 130 valence electrons. The van der Waals surface area contributed by atoms with Gasteiger partial charge in [-0.2, -0.15) is 21.8 Å². The number of hydrogen-bond donors (Lipinski definition) is 2. The van der Waals surface area contributed by atoms with Crippen LogP contribution in [-0.4, -0.2) is 36.8 Å². The third-order valence-electron chi connectivity index (χ3n) is 4.59. The standard InChI is InChI=1S/C18H21N5OS/c1-2-25-15-10-6-9-14(15)20-18-21-16-13(17(24)22-18)11-19-23(16)12-7-4-3-5-8-12/h3-5,7-8,11,14-15H,2,6,9-10H2,1H3,(H2,20,21,22,24). The molecule has 2 unspecified atom stereocenters. The normalized spacial score (nSPS) is 20.2. The summed E-state index contributed by atoms with van der Waals surface area (Å²) in [5.41, 5.74) is 1.31. The van der Waals surface area contributed by atoms with Gasteiger partial charge in [-0.1, -0.05) is 31.5 Å². The van der Waals surface area contributed by atoms with Gasteiger partial charge in [-0.25, -0.2) is 4.68 Å². The molecular weight excluding hydrogens is 334 g/mol. The molecule has 1 aromatic carbocycles. The van der Waals surface area contributed by atoms with Crippen LogP contribution < -0.4 is 10.9 Å². The SMILES string of the molecule is CCSC1CCCC1Nc1nc2c(cnn2-c2ccccc2)c(=O)[nH]1. The Labute approximate surface area is 150 Å². The quantitative estimate of drug-likeness (QED) is 0.735. The fourth-order valence-corrected chi connectivity index (χ4v) is 4.62. The zero-order valence-electron chi connectivity index (χ0n) is 14.1. The first-order chi connectivity index (χ1) is 12.3. The molecule has 2 heterocycles. The summed E-state index contributed by atoms with van der Waals surface area (Å²) < 4.78 is 1.71. The monoisotopic (exact) mass is 355 g/mol. The molecule has 0 saturated heterocycles. The van der Waals surface area contributed by atoms with E-state index in [9.17, 15) is 4.79 Å². The van der Waals surface area contributed by atoms with Crippen molar-refractivity contribution >= 4 is 28.7 Å². The largest absolute Gasteiger partial charge is 0.352 e. The van der Waals surface area contributed by atoms with Crippen LogP contribution in [0.25, 0.3) is 16.7 Å². The number of rotatable bonds is 5. The average molecular weight is 355 g/mol. The Balaban J connectivity index is 1.70. The number of fused-ring (bicyclic) bond motifs is 1. The summed E-state index contributed by atoms with van der Waals surface area (Å²) in [6.07, 6.45) is 5.11. The molecule has 1 aliphatic carbocycles. The van der Waals surface area contributed by atoms with Crippen LogP contribution in [0.5, 0.6) is 0 Å². The van der Waals surface area contributed by atoms with Gasteiger partial charge in [-0.15, -0.1) is 0 Å². The van der Waals surface area contributed by atoms with Crippen LogP contribution in [0, 0.1) is 0 Å². The number of aromatic amines is 1. The van der Waals surface area contributed by atoms with Crippen molar-refractivity contribution in [2.75, 3.05) is 11.1 Å². The summed E-state index contributed by atoms with van der Waals surface area (Å²) >= 11 is 1.98. The second-order valence-corrected chi connectivity index (χ2v) is 7.74. The van der Waals surface area contributed by atoms with Crippen molar-refractivity contribution in [2.45, 2.75) is 37.5 Å². The first kappa shape index (κ1) is 16.2. The molecule has 1 saturated carbocycles. The molecule has 1 fully saturated rings. The van der Waals surface area contributed by atoms with Crippen molar-refractivity contribution in [3.05, 3.63) is 46.9 Å². The van der Waals surface area contributed by atoms with Crippen LogP contribution in [0.15, 0.2) is 41.3 Å². The molecule has 25 heavy (non-hydrogen) atoms. The highest BCUT2D eigenvalue weighted by molar-refractivity contribution is 7.99. The highest BCUT2D eigenvalue weighted by Gasteiger charge is 2.27. The molecule has 6 nitrogen and oxygen atoms in total. The Bertz CT molecular complexity index is 920. The average Bonchev–Trinajstić information content (AvgIpc) is 3.24. The maximum absolute atomic E-state index is 12.4. The molecule has 0 bridgehead atoms. The molecular formula is C18H21N5OS. The summed E-state index contributed by atoms with van der Waals surface area (Å²) in [4.78, 5) is 20.0. The van der Waals surface area contributed by atoms with E-state index in [2.05, 4.69) is 27.3 Å². The Morgan fingerprint density at radius 3 is 2.96 bits per heavy atom.